The van der Waals surface area contributed by atoms with Crippen molar-refractivity contribution in [2.24, 2.45) is 7.05 Å². The Morgan fingerprint density at radius 1 is 1.56 bits per heavy atom. The standard InChI is InChI=1S/C12H16N4S2/c1-9-10-4-6-18-11(10)3-5-15(9)8-16-12(17)14(2)7-13-16/h4,6-7,9H,3,5,8H2,1-2H3. The van der Waals surface area contributed by atoms with Crippen LogP contribution in [-0.2, 0) is 20.1 Å². The van der Waals surface area contributed by atoms with Crippen molar-refractivity contribution in [1.29, 1.82) is 0 Å². The van der Waals surface area contributed by atoms with E-state index in [1.54, 1.807) is 6.33 Å². The van der Waals surface area contributed by atoms with E-state index in [4.69, 9.17) is 12.2 Å². The fourth-order valence-electron chi connectivity index (χ4n) is 2.44. The van der Waals surface area contributed by atoms with Crippen molar-refractivity contribution in [2.75, 3.05) is 6.54 Å². The zero-order valence-corrected chi connectivity index (χ0v) is 12.2. The number of fused-ring (bicyclic) bond motifs is 1. The van der Waals surface area contributed by atoms with E-state index in [9.17, 15) is 0 Å². The van der Waals surface area contributed by atoms with Crippen LogP contribution in [0.15, 0.2) is 17.8 Å². The highest BCUT2D eigenvalue weighted by molar-refractivity contribution is 7.71. The van der Waals surface area contributed by atoms with Gasteiger partial charge in [-0.25, -0.2) is 4.68 Å². The number of thiophene rings is 1. The largest absolute Gasteiger partial charge is 0.310 e. The molecule has 3 heterocycles. The summed E-state index contributed by atoms with van der Waals surface area (Å²) in [5.74, 6) is 0. The van der Waals surface area contributed by atoms with Crippen molar-refractivity contribution in [3.63, 3.8) is 0 Å². The minimum Gasteiger partial charge on any atom is -0.310 e. The summed E-state index contributed by atoms with van der Waals surface area (Å²) in [6.45, 7) is 4.11. The van der Waals surface area contributed by atoms with Crippen molar-refractivity contribution < 1.29 is 0 Å². The van der Waals surface area contributed by atoms with Gasteiger partial charge in [0.2, 0.25) is 0 Å². The van der Waals surface area contributed by atoms with E-state index in [1.165, 1.54) is 10.4 Å². The van der Waals surface area contributed by atoms with Crippen LogP contribution in [0.25, 0.3) is 0 Å². The van der Waals surface area contributed by atoms with Gasteiger partial charge < -0.3 is 4.57 Å². The van der Waals surface area contributed by atoms with E-state index >= 15 is 0 Å². The molecule has 1 aliphatic heterocycles. The zero-order chi connectivity index (χ0) is 12.7. The molecule has 1 aliphatic rings. The van der Waals surface area contributed by atoms with Crippen LogP contribution in [0, 0.1) is 4.77 Å². The minimum absolute atomic E-state index is 0.448. The van der Waals surface area contributed by atoms with Crippen molar-refractivity contribution in [3.8, 4) is 0 Å². The number of aryl methyl sites for hydroxylation is 1. The molecule has 3 rings (SSSR count). The highest BCUT2D eigenvalue weighted by Gasteiger charge is 2.25. The minimum atomic E-state index is 0.448. The first-order chi connectivity index (χ1) is 8.66. The lowest BCUT2D eigenvalue weighted by molar-refractivity contribution is 0.144. The second kappa shape index (κ2) is 4.60. The molecule has 1 unspecified atom stereocenters. The summed E-state index contributed by atoms with van der Waals surface area (Å²) in [5, 5.41) is 6.52. The van der Waals surface area contributed by atoms with Gasteiger partial charge in [0.25, 0.3) is 0 Å². The molecule has 6 heteroatoms. The summed E-state index contributed by atoms with van der Waals surface area (Å²) in [6.07, 6.45) is 2.91. The topological polar surface area (TPSA) is 26.0 Å². The molecule has 1 atom stereocenters. The van der Waals surface area contributed by atoms with E-state index < -0.39 is 0 Å². The maximum absolute atomic E-state index is 5.33. The Kier molecular flexibility index (Phi) is 3.09. The van der Waals surface area contributed by atoms with Gasteiger partial charge in [-0.05, 0) is 42.6 Å². The molecule has 2 aromatic heterocycles. The lowest BCUT2D eigenvalue weighted by atomic mass is 10.0. The monoisotopic (exact) mass is 280 g/mol. The number of hydrogen-bond donors (Lipinski definition) is 0. The van der Waals surface area contributed by atoms with Crippen LogP contribution in [0.4, 0.5) is 0 Å². The fraction of sp³-hybridized carbons (Fsp3) is 0.500. The third-order valence-corrected chi connectivity index (χ3v) is 5.10. The second-order valence-corrected chi connectivity index (χ2v) is 6.07. The molecule has 18 heavy (non-hydrogen) atoms. The third-order valence-electron chi connectivity index (χ3n) is 3.61. The Hall–Kier alpha value is -0.980. The molecule has 0 saturated heterocycles. The second-order valence-electron chi connectivity index (χ2n) is 4.70. The van der Waals surface area contributed by atoms with Crippen LogP contribution < -0.4 is 0 Å². The summed E-state index contributed by atoms with van der Waals surface area (Å²) >= 11 is 7.20. The van der Waals surface area contributed by atoms with Crippen LogP contribution in [-0.4, -0.2) is 25.8 Å². The fourth-order valence-corrected chi connectivity index (χ4v) is 3.56. The molecule has 0 saturated carbocycles. The predicted octanol–water partition coefficient (Wildman–Crippen LogP) is 2.59. The van der Waals surface area contributed by atoms with E-state index in [1.807, 2.05) is 27.6 Å². The molecule has 0 radical (unpaired) electrons. The van der Waals surface area contributed by atoms with Gasteiger partial charge in [-0.15, -0.1) is 11.3 Å². The van der Waals surface area contributed by atoms with E-state index in [-0.39, 0.29) is 0 Å². The third kappa shape index (κ3) is 1.94. The summed E-state index contributed by atoms with van der Waals surface area (Å²) in [7, 11) is 1.93. The van der Waals surface area contributed by atoms with Crippen LogP contribution in [0.3, 0.4) is 0 Å². The number of aromatic nitrogens is 3. The number of nitrogens with zero attached hydrogens (tertiary/aromatic N) is 4. The maximum atomic E-state index is 5.33. The molecule has 2 aromatic rings. The van der Waals surface area contributed by atoms with Gasteiger partial charge in [0.05, 0.1) is 6.67 Å². The van der Waals surface area contributed by atoms with Gasteiger partial charge in [-0.3, -0.25) is 4.90 Å². The summed E-state index contributed by atoms with van der Waals surface area (Å²) < 4.78 is 4.54. The average molecular weight is 280 g/mol. The molecule has 4 nitrogen and oxygen atoms in total. The van der Waals surface area contributed by atoms with Gasteiger partial charge in [-0.1, -0.05) is 0 Å². The van der Waals surface area contributed by atoms with Gasteiger partial charge in [0.1, 0.15) is 6.33 Å². The Balaban J connectivity index is 1.83. The number of hydrogen-bond acceptors (Lipinski definition) is 4. The van der Waals surface area contributed by atoms with Crippen LogP contribution in [0.5, 0.6) is 0 Å². The normalized spacial score (nSPS) is 20.0. The molecule has 96 valence electrons. The predicted molar refractivity (Wildman–Crippen MR) is 75.2 cm³/mol. The molecule has 0 bridgehead atoms. The van der Waals surface area contributed by atoms with E-state index in [2.05, 4.69) is 28.4 Å². The van der Waals surface area contributed by atoms with Gasteiger partial charge in [0, 0.05) is 24.5 Å². The smallest absolute Gasteiger partial charge is 0.198 e. The Bertz CT molecular complexity index is 610. The van der Waals surface area contributed by atoms with Crippen molar-refractivity contribution in [1.82, 2.24) is 19.2 Å². The Morgan fingerprint density at radius 2 is 2.39 bits per heavy atom. The number of rotatable bonds is 2. The van der Waals surface area contributed by atoms with E-state index in [0.29, 0.717) is 6.04 Å². The molecular weight excluding hydrogens is 264 g/mol. The summed E-state index contributed by atoms with van der Waals surface area (Å²) in [5.41, 5.74) is 1.47. The molecule has 0 fully saturated rings. The van der Waals surface area contributed by atoms with Crippen molar-refractivity contribution in [2.45, 2.75) is 26.1 Å². The van der Waals surface area contributed by atoms with Crippen molar-refractivity contribution >= 4 is 23.6 Å². The molecule has 0 amide bonds. The zero-order valence-electron chi connectivity index (χ0n) is 10.5. The Labute approximate surface area is 115 Å². The quantitative estimate of drug-likeness (QED) is 0.791. The molecular formula is C12H16N4S2. The highest BCUT2D eigenvalue weighted by atomic mass is 32.1. The van der Waals surface area contributed by atoms with Gasteiger partial charge in [-0.2, -0.15) is 5.10 Å². The molecule has 0 spiro atoms. The van der Waals surface area contributed by atoms with E-state index in [0.717, 1.165) is 24.4 Å². The highest BCUT2D eigenvalue weighted by Crippen LogP contribution is 2.32. The maximum Gasteiger partial charge on any atom is 0.198 e. The molecule has 0 aliphatic carbocycles. The first-order valence-corrected chi connectivity index (χ1v) is 7.34. The Morgan fingerprint density at radius 3 is 3.11 bits per heavy atom. The summed E-state index contributed by atoms with van der Waals surface area (Å²) in [6, 6.07) is 2.69. The van der Waals surface area contributed by atoms with Gasteiger partial charge >= 0.3 is 0 Å². The average Bonchev–Trinajstić information content (AvgIpc) is 2.95. The summed E-state index contributed by atoms with van der Waals surface area (Å²) in [4.78, 5) is 3.96. The SMILES string of the molecule is CC1c2ccsc2CCN1Cn1ncn(C)c1=S. The van der Waals surface area contributed by atoms with Crippen LogP contribution >= 0.6 is 23.6 Å². The first kappa shape index (κ1) is 12.1. The van der Waals surface area contributed by atoms with Crippen LogP contribution in [0.1, 0.15) is 23.4 Å². The molecule has 0 N–H and O–H groups in total. The first-order valence-electron chi connectivity index (χ1n) is 6.05. The lowest BCUT2D eigenvalue weighted by Crippen LogP contribution is -2.35. The molecule has 0 aromatic carbocycles. The van der Waals surface area contributed by atoms with Crippen molar-refractivity contribution in [3.05, 3.63) is 33.0 Å². The van der Waals surface area contributed by atoms with Gasteiger partial charge in [0.15, 0.2) is 4.77 Å². The lowest BCUT2D eigenvalue weighted by Gasteiger charge is -2.33. The van der Waals surface area contributed by atoms with Crippen LogP contribution in [0.2, 0.25) is 0 Å².